The third kappa shape index (κ3) is 6.65. The van der Waals surface area contributed by atoms with Gasteiger partial charge in [0.05, 0.1) is 10.5 Å². The number of rotatable bonds is 8. The molecule has 4 rings (SSSR count). The van der Waals surface area contributed by atoms with Crippen molar-refractivity contribution >= 4 is 27.0 Å². The first-order chi connectivity index (χ1) is 17.5. The molecule has 0 aromatic heterocycles. The molecule has 0 spiro atoms. The van der Waals surface area contributed by atoms with Gasteiger partial charge in [-0.3, -0.25) is 5.32 Å². The van der Waals surface area contributed by atoms with Crippen molar-refractivity contribution in [1.82, 2.24) is 5.32 Å². The molecule has 1 unspecified atom stereocenters. The van der Waals surface area contributed by atoms with Gasteiger partial charge in [-0.25, -0.2) is 4.18 Å². The summed E-state index contributed by atoms with van der Waals surface area (Å²) in [6.45, 7) is 3.71. The summed E-state index contributed by atoms with van der Waals surface area (Å²) in [5.74, 6) is 0. The van der Waals surface area contributed by atoms with Crippen LogP contribution in [0.4, 0.5) is 13.2 Å². The lowest BCUT2D eigenvalue weighted by molar-refractivity contribution is -0.137. The van der Waals surface area contributed by atoms with E-state index in [2.05, 4.69) is 5.32 Å². The van der Waals surface area contributed by atoms with E-state index in [-0.39, 0.29) is 16.5 Å². The number of aryl methyl sites for hydroxylation is 1. The second-order valence-corrected chi connectivity index (χ2v) is 10.3. The van der Waals surface area contributed by atoms with Crippen molar-refractivity contribution < 1.29 is 25.8 Å². The minimum absolute atomic E-state index is 0.0183. The number of hydrogen-bond donors (Lipinski definition) is 1. The lowest BCUT2D eigenvalue weighted by Gasteiger charge is -2.22. The lowest BCUT2D eigenvalue weighted by atomic mass is 9.99. The number of hydrogen-bond acceptors (Lipinski definition) is 4. The Kier molecular flexibility index (Phi) is 7.82. The van der Waals surface area contributed by atoms with Gasteiger partial charge in [0.2, 0.25) is 0 Å². The van der Waals surface area contributed by atoms with Crippen LogP contribution >= 0.6 is 0 Å². The highest BCUT2D eigenvalue weighted by atomic mass is 32.2. The third-order valence-corrected chi connectivity index (χ3v) is 7.23. The minimum atomic E-state index is -4.49. The Morgan fingerprint density at radius 1 is 0.892 bits per heavy atom. The van der Waals surface area contributed by atoms with Gasteiger partial charge in [0.1, 0.15) is 6.23 Å². The zero-order valence-electron chi connectivity index (χ0n) is 20.2. The molecule has 0 saturated carbocycles. The molecule has 8 heteroatoms. The van der Waals surface area contributed by atoms with E-state index in [1.807, 2.05) is 56.3 Å². The van der Waals surface area contributed by atoms with Gasteiger partial charge >= 0.3 is 6.18 Å². The molecular weight excluding hydrogens is 499 g/mol. The summed E-state index contributed by atoms with van der Waals surface area (Å²) in [4.78, 5) is -0.0183. The SMILES string of the molecule is Cc1ccc(S(=O)(=O)O[C@H](/C=C/c2cccc(C(F)(F)F)c2)NC(C)c2cccc3ccccc23)cc1. The molecule has 2 atom stereocenters. The van der Waals surface area contributed by atoms with Gasteiger partial charge in [-0.05, 0) is 66.1 Å². The van der Waals surface area contributed by atoms with Crippen molar-refractivity contribution in [2.75, 3.05) is 0 Å². The molecule has 0 aliphatic rings. The molecule has 37 heavy (non-hydrogen) atoms. The summed E-state index contributed by atoms with van der Waals surface area (Å²) >= 11 is 0. The molecular formula is C29H26F3NO3S. The van der Waals surface area contributed by atoms with E-state index in [4.69, 9.17) is 4.18 Å². The fourth-order valence-corrected chi connectivity index (χ4v) is 4.97. The van der Waals surface area contributed by atoms with E-state index in [1.54, 1.807) is 12.1 Å². The van der Waals surface area contributed by atoms with Gasteiger partial charge in [-0.2, -0.15) is 21.6 Å². The summed E-state index contributed by atoms with van der Waals surface area (Å²) in [6.07, 6.45) is -2.83. The molecule has 1 N–H and O–H groups in total. The maximum atomic E-state index is 13.2. The summed E-state index contributed by atoms with van der Waals surface area (Å²) in [7, 11) is -4.18. The van der Waals surface area contributed by atoms with Gasteiger partial charge in [0.25, 0.3) is 10.1 Å². The van der Waals surface area contributed by atoms with Gasteiger partial charge in [0, 0.05) is 6.04 Å². The molecule has 0 radical (unpaired) electrons. The largest absolute Gasteiger partial charge is 0.416 e. The van der Waals surface area contributed by atoms with Crippen LogP contribution < -0.4 is 5.32 Å². The molecule has 0 heterocycles. The molecule has 0 bridgehead atoms. The van der Waals surface area contributed by atoms with Crippen molar-refractivity contribution in [3.63, 3.8) is 0 Å². The van der Waals surface area contributed by atoms with E-state index in [0.29, 0.717) is 0 Å². The van der Waals surface area contributed by atoms with Gasteiger partial charge in [0.15, 0.2) is 0 Å². The summed E-state index contributed by atoms with van der Waals surface area (Å²) in [5.41, 5.74) is 1.28. The Bertz CT molecular complexity index is 1510. The molecule has 0 fully saturated rings. The second kappa shape index (κ2) is 10.9. The van der Waals surface area contributed by atoms with Crippen LogP contribution in [0.15, 0.2) is 102 Å². The predicted octanol–water partition coefficient (Wildman–Crippen LogP) is 7.26. The number of fused-ring (bicyclic) bond motifs is 1. The first-order valence-electron chi connectivity index (χ1n) is 11.6. The van der Waals surface area contributed by atoms with Crippen molar-refractivity contribution in [2.45, 2.75) is 37.2 Å². The fraction of sp³-hybridized carbons (Fsp3) is 0.172. The van der Waals surface area contributed by atoms with E-state index in [9.17, 15) is 21.6 Å². The van der Waals surface area contributed by atoms with E-state index >= 15 is 0 Å². The highest BCUT2D eigenvalue weighted by molar-refractivity contribution is 7.86. The number of nitrogens with one attached hydrogen (secondary N) is 1. The van der Waals surface area contributed by atoms with Crippen molar-refractivity contribution in [1.29, 1.82) is 0 Å². The highest BCUT2D eigenvalue weighted by Crippen LogP contribution is 2.30. The zero-order chi connectivity index (χ0) is 26.6. The lowest BCUT2D eigenvalue weighted by Crippen LogP contribution is -2.34. The number of benzene rings is 4. The van der Waals surface area contributed by atoms with Gasteiger partial charge in [-0.1, -0.05) is 78.4 Å². The molecule has 0 aliphatic heterocycles. The normalized spacial score (nSPS) is 14.2. The summed E-state index contributed by atoms with van der Waals surface area (Å²) in [5, 5.41) is 5.19. The Labute approximate surface area is 214 Å². The topological polar surface area (TPSA) is 55.4 Å². The van der Waals surface area contributed by atoms with Crippen LogP contribution in [-0.2, 0) is 20.5 Å². The summed E-state index contributed by atoms with van der Waals surface area (Å²) < 4.78 is 71.1. The predicted molar refractivity (Wildman–Crippen MR) is 139 cm³/mol. The van der Waals surface area contributed by atoms with Crippen LogP contribution in [0.25, 0.3) is 16.8 Å². The number of alkyl halides is 3. The van der Waals surface area contributed by atoms with Crippen LogP contribution in [0.3, 0.4) is 0 Å². The molecule has 0 aliphatic carbocycles. The first-order valence-corrected chi connectivity index (χ1v) is 13.0. The van der Waals surface area contributed by atoms with E-state index in [0.717, 1.165) is 34.0 Å². The molecule has 0 saturated heterocycles. The Balaban J connectivity index is 1.66. The standard InChI is InChI=1S/C29H26F3NO3S/c1-20-13-16-25(17-14-20)37(34,35)36-28(18-15-22-7-5-10-24(19-22)29(30,31)32)33-21(2)26-12-6-9-23-8-3-4-11-27(23)26/h3-19,21,28,33H,1-2H3/b18-15+/t21?,28-/m1/s1. The second-order valence-electron chi connectivity index (χ2n) is 8.72. The maximum absolute atomic E-state index is 13.2. The third-order valence-electron chi connectivity index (χ3n) is 5.92. The smallest absolute Gasteiger partial charge is 0.281 e. The quantitative estimate of drug-likeness (QED) is 0.194. The number of halogens is 3. The molecule has 4 aromatic rings. The average molecular weight is 526 g/mol. The first kappa shape index (κ1) is 26.6. The van der Waals surface area contributed by atoms with Crippen LogP contribution in [0.2, 0.25) is 0 Å². The Hall–Kier alpha value is -3.46. The van der Waals surface area contributed by atoms with E-state index < -0.39 is 28.1 Å². The molecule has 4 nitrogen and oxygen atoms in total. The average Bonchev–Trinajstić information content (AvgIpc) is 2.86. The highest BCUT2D eigenvalue weighted by Gasteiger charge is 2.30. The molecule has 192 valence electrons. The van der Waals surface area contributed by atoms with Crippen LogP contribution in [0.5, 0.6) is 0 Å². The van der Waals surface area contributed by atoms with E-state index in [1.165, 1.54) is 36.4 Å². The Morgan fingerprint density at radius 3 is 2.30 bits per heavy atom. The van der Waals surface area contributed by atoms with Gasteiger partial charge < -0.3 is 0 Å². The van der Waals surface area contributed by atoms with Crippen molar-refractivity contribution in [3.05, 3.63) is 119 Å². The fourth-order valence-electron chi connectivity index (χ4n) is 3.99. The van der Waals surface area contributed by atoms with Crippen LogP contribution in [0, 0.1) is 6.92 Å². The molecule has 0 amide bonds. The van der Waals surface area contributed by atoms with Crippen molar-refractivity contribution in [2.24, 2.45) is 0 Å². The maximum Gasteiger partial charge on any atom is 0.416 e. The molecule has 4 aromatic carbocycles. The van der Waals surface area contributed by atoms with Gasteiger partial charge in [-0.15, -0.1) is 0 Å². The van der Waals surface area contributed by atoms with Crippen LogP contribution in [-0.4, -0.2) is 14.6 Å². The zero-order valence-corrected chi connectivity index (χ0v) is 21.1. The van der Waals surface area contributed by atoms with Crippen molar-refractivity contribution in [3.8, 4) is 0 Å². The van der Waals surface area contributed by atoms with Crippen LogP contribution in [0.1, 0.15) is 35.2 Å². The monoisotopic (exact) mass is 525 g/mol. The summed E-state index contributed by atoms with van der Waals surface area (Å²) in [6, 6.07) is 24.3. The minimum Gasteiger partial charge on any atom is -0.281 e. The Morgan fingerprint density at radius 2 is 1.57 bits per heavy atom.